The Morgan fingerprint density at radius 1 is 1.32 bits per heavy atom. The zero-order valence-electron chi connectivity index (χ0n) is 14.4. The summed E-state index contributed by atoms with van der Waals surface area (Å²) in [5, 5.41) is 20.8. The van der Waals surface area contributed by atoms with Gasteiger partial charge in [-0.25, -0.2) is 4.79 Å². The van der Waals surface area contributed by atoms with Crippen LogP contribution in [0.5, 0.6) is 5.75 Å². The average Bonchev–Trinajstić information content (AvgIpc) is 2.57. The van der Waals surface area contributed by atoms with E-state index in [1.807, 2.05) is 6.07 Å². The van der Waals surface area contributed by atoms with E-state index in [0.717, 1.165) is 4.90 Å². The quantitative estimate of drug-likeness (QED) is 0.716. The number of benzene rings is 1. The lowest BCUT2D eigenvalue weighted by atomic mass is 10.2. The molecule has 1 aromatic rings. The van der Waals surface area contributed by atoms with Crippen molar-refractivity contribution in [3.63, 3.8) is 0 Å². The number of amides is 2. The molecule has 1 aromatic carbocycles. The van der Waals surface area contributed by atoms with Gasteiger partial charge < -0.3 is 20.1 Å². The number of nitriles is 1. The van der Waals surface area contributed by atoms with Crippen molar-refractivity contribution in [2.45, 2.75) is 32.9 Å². The summed E-state index contributed by atoms with van der Waals surface area (Å²) in [6.45, 7) is 4.34. The van der Waals surface area contributed by atoms with Crippen LogP contribution >= 0.6 is 0 Å². The van der Waals surface area contributed by atoms with Crippen molar-refractivity contribution in [3.05, 3.63) is 29.8 Å². The Labute approximate surface area is 146 Å². The molecule has 0 bridgehead atoms. The molecule has 0 aliphatic heterocycles. The summed E-state index contributed by atoms with van der Waals surface area (Å²) < 4.78 is 5.54. The largest absolute Gasteiger partial charge is 0.480 e. The lowest BCUT2D eigenvalue weighted by Crippen LogP contribution is -2.51. The lowest BCUT2D eigenvalue weighted by Gasteiger charge is -2.29. The maximum absolute atomic E-state index is 12.6. The number of carbonyl (C=O) groups is 3. The average molecular weight is 347 g/mol. The highest BCUT2D eigenvalue weighted by atomic mass is 16.5. The molecule has 0 aliphatic carbocycles. The first-order chi connectivity index (χ1) is 11.8. The van der Waals surface area contributed by atoms with Crippen molar-refractivity contribution >= 4 is 17.8 Å². The molecule has 0 fully saturated rings. The second-order valence-corrected chi connectivity index (χ2v) is 5.40. The van der Waals surface area contributed by atoms with Gasteiger partial charge in [-0.3, -0.25) is 9.59 Å². The maximum Gasteiger partial charge on any atom is 0.326 e. The van der Waals surface area contributed by atoms with Gasteiger partial charge in [0.1, 0.15) is 17.9 Å². The zero-order valence-corrected chi connectivity index (χ0v) is 14.4. The van der Waals surface area contributed by atoms with E-state index in [9.17, 15) is 19.5 Å². The summed E-state index contributed by atoms with van der Waals surface area (Å²) in [5.74, 6) is -1.74. The van der Waals surface area contributed by atoms with E-state index in [2.05, 4.69) is 5.32 Å². The molecule has 0 radical (unpaired) electrons. The van der Waals surface area contributed by atoms with E-state index in [1.54, 1.807) is 24.3 Å². The molecule has 2 unspecified atom stereocenters. The summed E-state index contributed by atoms with van der Waals surface area (Å²) in [5.41, 5.74) is 0.276. The van der Waals surface area contributed by atoms with Crippen LogP contribution in [0.2, 0.25) is 0 Å². The van der Waals surface area contributed by atoms with E-state index >= 15 is 0 Å². The third-order valence-corrected chi connectivity index (χ3v) is 3.49. The molecule has 2 amide bonds. The van der Waals surface area contributed by atoms with E-state index in [0.29, 0.717) is 0 Å². The van der Waals surface area contributed by atoms with Crippen LogP contribution in [0.15, 0.2) is 24.3 Å². The molecule has 8 heteroatoms. The third kappa shape index (κ3) is 5.80. The summed E-state index contributed by atoms with van der Waals surface area (Å²) in [6.07, 6.45) is -0.992. The highest BCUT2D eigenvalue weighted by Gasteiger charge is 2.30. The summed E-state index contributed by atoms with van der Waals surface area (Å²) in [7, 11) is 0. The first kappa shape index (κ1) is 20.0. The summed E-state index contributed by atoms with van der Waals surface area (Å²) in [6, 6.07) is 7.34. The number of ether oxygens (including phenoxy) is 1. The van der Waals surface area contributed by atoms with Crippen LogP contribution in [0.4, 0.5) is 0 Å². The van der Waals surface area contributed by atoms with Crippen molar-refractivity contribution in [1.82, 2.24) is 10.2 Å². The van der Waals surface area contributed by atoms with Gasteiger partial charge in [-0.05, 0) is 26.0 Å². The Balaban J connectivity index is 2.89. The van der Waals surface area contributed by atoms with Crippen LogP contribution in [0.3, 0.4) is 0 Å². The first-order valence-corrected chi connectivity index (χ1v) is 7.71. The van der Waals surface area contributed by atoms with Crippen LogP contribution in [-0.4, -0.2) is 53.0 Å². The normalized spacial score (nSPS) is 12.4. The highest BCUT2D eigenvalue weighted by Crippen LogP contribution is 2.19. The van der Waals surface area contributed by atoms with Gasteiger partial charge in [0.15, 0.2) is 6.10 Å². The molecule has 0 saturated heterocycles. The molecule has 0 aliphatic rings. The van der Waals surface area contributed by atoms with Crippen molar-refractivity contribution < 1.29 is 24.2 Å². The number of aliphatic carboxylic acids is 1. The lowest BCUT2D eigenvalue weighted by molar-refractivity contribution is -0.152. The molecule has 134 valence electrons. The predicted octanol–water partition coefficient (Wildman–Crippen LogP) is 0.763. The third-order valence-electron chi connectivity index (χ3n) is 3.49. The fourth-order valence-corrected chi connectivity index (χ4v) is 2.12. The second kappa shape index (κ2) is 9.27. The van der Waals surface area contributed by atoms with Gasteiger partial charge in [-0.1, -0.05) is 12.1 Å². The Hall–Kier alpha value is -3.08. The number of hydrogen-bond donors (Lipinski definition) is 2. The van der Waals surface area contributed by atoms with Crippen LogP contribution in [0.1, 0.15) is 26.3 Å². The number of para-hydroxylation sites is 1. The molecule has 8 nitrogen and oxygen atoms in total. The molecule has 0 heterocycles. The Bertz CT molecular complexity index is 683. The standard InChI is InChI=1S/C17H21N3O5/c1-11(17(23)24)20(9-8-19-13(3)21)16(22)12(2)25-15-7-5-4-6-14(15)10-18/h4-7,11-12H,8-9H2,1-3H3,(H,19,21)(H,23,24). The number of carboxylic acids is 1. The highest BCUT2D eigenvalue weighted by molar-refractivity contribution is 5.86. The second-order valence-electron chi connectivity index (χ2n) is 5.40. The predicted molar refractivity (Wildman–Crippen MR) is 88.7 cm³/mol. The Morgan fingerprint density at radius 3 is 2.52 bits per heavy atom. The number of rotatable bonds is 8. The minimum absolute atomic E-state index is 0.0273. The van der Waals surface area contributed by atoms with Crippen molar-refractivity contribution in [3.8, 4) is 11.8 Å². The van der Waals surface area contributed by atoms with Crippen molar-refractivity contribution in [1.29, 1.82) is 5.26 Å². The molecule has 2 N–H and O–H groups in total. The summed E-state index contributed by atoms with van der Waals surface area (Å²) >= 11 is 0. The number of carboxylic acid groups (broad SMARTS) is 1. The van der Waals surface area contributed by atoms with E-state index in [4.69, 9.17) is 10.00 Å². The van der Waals surface area contributed by atoms with Crippen LogP contribution in [0, 0.1) is 11.3 Å². The van der Waals surface area contributed by atoms with Gasteiger partial charge in [0.2, 0.25) is 5.91 Å². The minimum atomic E-state index is -1.17. The number of hydrogen-bond acceptors (Lipinski definition) is 5. The van der Waals surface area contributed by atoms with Gasteiger partial charge >= 0.3 is 5.97 Å². The van der Waals surface area contributed by atoms with Gasteiger partial charge in [-0.15, -0.1) is 0 Å². The van der Waals surface area contributed by atoms with Gasteiger partial charge in [0.05, 0.1) is 5.56 Å². The van der Waals surface area contributed by atoms with Crippen molar-refractivity contribution in [2.24, 2.45) is 0 Å². The van der Waals surface area contributed by atoms with E-state index in [-0.39, 0.29) is 30.3 Å². The Morgan fingerprint density at radius 2 is 1.96 bits per heavy atom. The van der Waals surface area contributed by atoms with Gasteiger partial charge in [0, 0.05) is 20.0 Å². The fourth-order valence-electron chi connectivity index (χ4n) is 2.12. The number of nitrogens with zero attached hydrogens (tertiary/aromatic N) is 2. The van der Waals surface area contributed by atoms with Gasteiger partial charge in [-0.2, -0.15) is 5.26 Å². The monoisotopic (exact) mass is 347 g/mol. The van der Waals surface area contributed by atoms with Crippen LogP contribution in [0.25, 0.3) is 0 Å². The topological polar surface area (TPSA) is 120 Å². The van der Waals surface area contributed by atoms with Crippen molar-refractivity contribution in [2.75, 3.05) is 13.1 Å². The molecule has 25 heavy (non-hydrogen) atoms. The molecular weight excluding hydrogens is 326 g/mol. The van der Waals surface area contributed by atoms with E-state index < -0.39 is 24.0 Å². The van der Waals surface area contributed by atoms with Gasteiger partial charge in [0.25, 0.3) is 5.91 Å². The molecule has 0 saturated carbocycles. The fraction of sp³-hybridized carbons (Fsp3) is 0.412. The van der Waals surface area contributed by atoms with E-state index in [1.165, 1.54) is 20.8 Å². The minimum Gasteiger partial charge on any atom is -0.480 e. The zero-order chi connectivity index (χ0) is 19.0. The molecule has 0 spiro atoms. The molecule has 0 aromatic heterocycles. The Kier molecular flexibility index (Phi) is 7.41. The molecule has 1 rings (SSSR count). The summed E-state index contributed by atoms with van der Waals surface area (Å²) in [4.78, 5) is 36.0. The van der Waals surface area contributed by atoms with Crippen LogP contribution < -0.4 is 10.1 Å². The molecular formula is C17H21N3O5. The van der Waals surface area contributed by atoms with Crippen LogP contribution in [-0.2, 0) is 14.4 Å². The molecule has 2 atom stereocenters. The smallest absolute Gasteiger partial charge is 0.326 e. The first-order valence-electron chi connectivity index (χ1n) is 7.71. The number of nitrogens with one attached hydrogen (secondary N) is 1. The number of carbonyl (C=O) groups excluding carboxylic acids is 2. The maximum atomic E-state index is 12.6. The SMILES string of the molecule is CC(=O)NCCN(C(=O)C(C)Oc1ccccc1C#N)C(C)C(=O)O.